The lowest BCUT2D eigenvalue weighted by Crippen LogP contribution is -2.40. The van der Waals surface area contributed by atoms with Crippen molar-refractivity contribution in [3.63, 3.8) is 0 Å². The number of fused-ring (bicyclic) bond motifs is 1. The molecule has 0 bridgehead atoms. The van der Waals surface area contributed by atoms with Crippen LogP contribution in [0.15, 0.2) is 59.6 Å². The monoisotopic (exact) mass is 391 g/mol. The Bertz CT molecular complexity index is 954. The van der Waals surface area contributed by atoms with Crippen LogP contribution in [0.1, 0.15) is 39.0 Å². The van der Waals surface area contributed by atoms with E-state index in [2.05, 4.69) is 27.6 Å². The van der Waals surface area contributed by atoms with E-state index in [1.165, 1.54) is 31.0 Å². The highest BCUT2D eigenvalue weighted by atomic mass is 32.2. The van der Waals surface area contributed by atoms with Crippen molar-refractivity contribution < 1.29 is 4.79 Å². The van der Waals surface area contributed by atoms with Crippen LogP contribution in [0.5, 0.6) is 0 Å². The molecule has 1 amide bonds. The molecule has 0 radical (unpaired) electrons. The summed E-state index contributed by atoms with van der Waals surface area (Å²) in [4.78, 5) is 12.7. The van der Waals surface area contributed by atoms with Crippen molar-refractivity contribution >= 4 is 28.4 Å². The lowest BCUT2D eigenvalue weighted by atomic mass is 9.95. The van der Waals surface area contributed by atoms with Crippen molar-refractivity contribution in [2.24, 2.45) is 0 Å². The number of aromatic nitrogens is 2. The molecule has 2 aromatic carbocycles. The maximum absolute atomic E-state index is 12.7. The first-order chi connectivity index (χ1) is 13.7. The SMILES string of the molecule is CC(Sc1nnc(-c2ccccc2)c2ccccc12)C(=O)NC1CCCCC1. The molecule has 3 aromatic rings. The standard InChI is InChI=1S/C23H25N3OS/c1-16(22(27)24-18-12-6-3-7-13-18)28-23-20-15-9-8-14-19(20)21(25-26-23)17-10-4-2-5-11-17/h2,4-5,8-11,14-16,18H,3,6-7,12-13H2,1H3,(H,24,27). The van der Waals surface area contributed by atoms with Crippen molar-refractivity contribution in [1.82, 2.24) is 15.5 Å². The molecule has 4 rings (SSSR count). The van der Waals surface area contributed by atoms with Gasteiger partial charge in [0.25, 0.3) is 0 Å². The third-order valence-corrected chi connectivity index (χ3v) is 6.40. The van der Waals surface area contributed by atoms with E-state index in [-0.39, 0.29) is 11.2 Å². The summed E-state index contributed by atoms with van der Waals surface area (Å²) in [6.07, 6.45) is 5.90. The Kier molecular flexibility index (Phi) is 5.91. The molecule has 1 unspecified atom stereocenters. The predicted molar refractivity (Wildman–Crippen MR) is 115 cm³/mol. The fourth-order valence-electron chi connectivity index (χ4n) is 3.76. The van der Waals surface area contributed by atoms with E-state index in [4.69, 9.17) is 0 Å². The molecule has 144 valence electrons. The highest BCUT2D eigenvalue weighted by molar-refractivity contribution is 8.00. The number of benzene rings is 2. The molecular weight excluding hydrogens is 366 g/mol. The second-order valence-electron chi connectivity index (χ2n) is 7.37. The summed E-state index contributed by atoms with van der Waals surface area (Å²) >= 11 is 1.49. The van der Waals surface area contributed by atoms with E-state index in [0.29, 0.717) is 6.04 Å². The van der Waals surface area contributed by atoms with E-state index < -0.39 is 0 Å². The largest absolute Gasteiger partial charge is 0.352 e. The van der Waals surface area contributed by atoms with Crippen molar-refractivity contribution in [3.8, 4) is 11.3 Å². The zero-order chi connectivity index (χ0) is 19.3. The van der Waals surface area contributed by atoms with Crippen LogP contribution < -0.4 is 5.32 Å². The van der Waals surface area contributed by atoms with Gasteiger partial charge >= 0.3 is 0 Å². The molecule has 1 N–H and O–H groups in total. The molecule has 1 heterocycles. The van der Waals surface area contributed by atoms with E-state index in [9.17, 15) is 4.79 Å². The average Bonchev–Trinajstić information content (AvgIpc) is 2.75. The number of carbonyl (C=O) groups excluding carboxylic acids is 1. The summed E-state index contributed by atoms with van der Waals surface area (Å²) < 4.78 is 0. The van der Waals surface area contributed by atoms with Crippen molar-refractivity contribution in [3.05, 3.63) is 54.6 Å². The predicted octanol–water partition coefficient (Wildman–Crippen LogP) is 5.23. The van der Waals surface area contributed by atoms with Crippen LogP contribution in [0.4, 0.5) is 0 Å². The first-order valence-electron chi connectivity index (χ1n) is 10.0. The average molecular weight is 392 g/mol. The Morgan fingerprint density at radius 2 is 1.64 bits per heavy atom. The molecule has 1 fully saturated rings. The molecule has 28 heavy (non-hydrogen) atoms. The molecule has 0 spiro atoms. The Morgan fingerprint density at radius 1 is 0.964 bits per heavy atom. The molecule has 1 saturated carbocycles. The maximum atomic E-state index is 12.7. The Morgan fingerprint density at radius 3 is 2.39 bits per heavy atom. The van der Waals surface area contributed by atoms with Gasteiger partial charge in [0.05, 0.1) is 5.25 Å². The van der Waals surface area contributed by atoms with E-state index in [0.717, 1.165) is 39.9 Å². The third kappa shape index (κ3) is 4.20. The summed E-state index contributed by atoms with van der Waals surface area (Å²) in [6.45, 7) is 1.95. The van der Waals surface area contributed by atoms with Crippen molar-refractivity contribution in [2.75, 3.05) is 0 Å². The lowest BCUT2D eigenvalue weighted by Gasteiger charge is -2.24. The third-order valence-electron chi connectivity index (χ3n) is 5.31. The second kappa shape index (κ2) is 8.74. The summed E-state index contributed by atoms with van der Waals surface area (Å²) in [7, 11) is 0. The molecule has 1 aliphatic rings. The highest BCUT2D eigenvalue weighted by Gasteiger charge is 2.22. The highest BCUT2D eigenvalue weighted by Crippen LogP contribution is 2.33. The van der Waals surface area contributed by atoms with Crippen LogP contribution in [0.3, 0.4) is 0 Å². The van der Waals surface area contributed by atoms with Gasteiger partial charge in [0.1, 0.15) is 10.7 Å². The van der Waals surface area contributed by atoms with Crippen molar-refractivity contribution in [2.45, 2.75) is 55.3 Å². The van der Waals surface area contributed by atoms with Gasteiger partial charge in [0.2, 0.25) is 5.91 Å². The molecule has 0 saturated heterocycles. The minimum Gasteiger partial charge on any atom is -0.352 e. The molecule has 1 aliphatic carbocycles. The zero-order valence-corrected chi connectivity index (χ0v) is 16.9. The normalized spacial score (nSPS) is 16.0. The summed E-state index contributed by atoms with van der Waals surface area (Å²) in [5.41, 5.74) is 1.92. The molecular formula is C23H25N3OS. The molecule has 4 nitrogen and oxygen atoms in total. The number of carbonyl (C=O) groups is 1. The number of nitrogens with zero attached hydrogens (tertiary/aromatic N) is 2. The molecule has 0 aliphatic heterocycles. The zero-order valence-electron chi connectivity index (χ0n) is 16.1. The first kappa shape index (κ1) is 18.9. The first-order valence-corrected chi connectivity index (χ1v) is 10.9. The number of thioether (sulfide) groups is 1. The van der Waals surface area contributed by atoms with E-state index in [1.807, 2.05) is 49.4 Å². The Hall–Kier alpha value is -2.40. The number of hydrogen-bond acceptors (Lipinski definition) is 4. The van der Waals surface area contributed by atoms with Gasteiger partial charge in [0, 0.05) is 22.4 Å². The van der Waals surface area contributed by atoms with Gasteiger partial charge in [-0.2, -0.15) is 0 Å². The topological polar surface area (TPSA) is 54.9 Å². The minimum atomic E-state index is -0.206. The van der Waals surface area contributed by atoms with Gasteiger partial charge < -0.3 is 5.32 Å². The lowest BCUT2D eigenvalue weighted by molar-refractivity contribution is -0.121. The van der Waals surface area contributed by atoms with E-state index in [1.54, 1.807) is 0 Å². The van der Waals surface area contributed by atoms with Crippen LogP contribution in [-0.2, 0) is 4.79 Å². The second-order valence-corrected chi connectivity index (χ2v) is 8.70. The summed E-state index contributed by atoms with van der Waals surface area (Å²) in [6, 6.07) is 18.6. The van der Waals surface area contributed by atoms with Gasteiger partial charge in [0.15, 0.2) is 0 Å². The van der Waals surface area contributed by atoms with Crippen LogP contribution >= 0.6 is 11.8 Å². The van der Waals surface area contributed by atoms with Gasteiger partial charge in [-0.15, -0.1) is 10.2 Å². The Balaban J connectivity index is 1.56. The smallest absolute Gasteiger partial charge is 0.233 e. The van der Waals surface area contributed by atoms with E-state index >= 15 is 0 Å². The van der Waals surface area contributed by atoms with Gasteiger partial charge in [-0.05, 0) is 19.8 Å². The van der Waals surface area contributed by atoms with Gasteiger partial charge in [-0.25, -0.2) is 0 Å². The number of amides is 1. The quantitative estimate of drug-likeness (QED) is 0.605. The number of rotatable bonds is 5. The minimum absolute atomic E-state index is 0.0925. The van der Waals surface area contributed by atoms with Gasteiger partial charge in [-0.1, -0.05) is 85.6 Å². The summed E-state index contributed by atoms with van der Waals surface area (Å²) in [5.74, 6) is 0.0925. The maximum Gasteiger partial charge on any atom is 0.233 e. The molecule has 1 atom stereocenters. The number of hydrogen-bond donors (Lipinski definition) is 1. The summed E-state index contributed by atoms with van der Waals surface area (Å²) in [5, 5.41) is 14.9. The number of nitrogens with one attached hydrogen (secondary N) is 1. The fraction of sp³-hybridized carbons (Fsp3) is 0.348. The molecule has 5 heteroatoms. The Labute approximate surface area is 170 Å². The molecule has 1 aromatic heterocycles. The van der Waals surface area contributed by atoms with Gasteiger partial charge in [-0.3, -0.25) is 4.79 Å². The van der Waals surface area contributed by atoms with Crippen LogP contribution in [0.2, 0.25) is 0 Å². The van der Waals surface area contributed by atoms with Crippen LogP contribution in [0.25, 0.3) is 22.0 Å². The van der Waals surface area contributed by atoms with Crippen molar-refractivity contribution in [1.29, 1.82) is 0 Å². The van der Waals surface area contributed by atoms with Crippen LogP contribution in [-0.4, -0.2) is 27.4 Å². The fourth-order valence-corrected chi connectivity index (χ4v) is 4.66. The van der Waals surface area contributed by atoms with Crippen LogP contribution in [0, 0.1) is 0 Å².